The van der Waals surface area contributed by atoms with E-state index < -0.39 is 0 Å². The van der Waals surface area contributed by atoms with Gasteiger partial charge < -0.3 is 15.2 Å². The molecule has 2 N–H and O–H groups in total. The van der Waals surface area contributed by atoms with Gasteiger partial charge in [-0.3, -0.25) is 0 Å². The van der Waals surface area contributed by atoms with Crippen LogP contribution in [-0.2, 0) is 20.0 Å². The standard InChI is InChI=1S/C14H23N3O2/c1-4-13-12(14(19-3)17(2)16-13)8-15-11-6-5-10(7-11)9-18/h5-6,10-11,15,18H,4,7-9H2,1-3H3/t10-,11+/m0/s1. The molecule has 0 fully saturated rings. The monoisotopic (exact) mass is 265 g/mol. The van der Waals surface area contributed by atoms with Crippen molar-refractivity contribution < 1.29 is 9.84 Å². The molecule has 2 atom stereocenters. The van der Waals surface area contributed by atoms with Gasteiger partial charge in [-0.1, -0.05) is 19.1 Å². The van der Waals surface area contributed by atoms with E-state index in [1.807, 2.05) is 7.05 Å². The quantitative estimate of drug-likeness (QED) is 0.754. The van der Waals surface area contributed by atoms with Crippen LogP contribution in [0.15, 0.2) is 12.2 Å². The lowest BCUT2D eigenvalue weighted by Crippen LogP contribution is -2.26. The summed E-state index contributed by atoms with van der Waals surface area (Å²) in [6.07, 6.45) is 6.07. The summed E-state index contributed by atoms with van der Waals surface area (Å²) < 4.78 is 7.21. The number of aromatic nitrogens is 2. The smallest absolute Gasteiger partial charge is 0.216 e. The average Bonchev–Trinajstić information content (AvgIpc) is 2.99. The first-order chi connectivity index (χ1) is 9.19. The van der Waals surface area contributed by atoms with Crippen molar-refractivity contribution in [2.45, 2.75) is 32.4 Å². The Labute approximate surface area is 114 Å². The van der Waals surface area contributed by atoms with Crippen molar-refractivity contribution >= 4 is 0 Å². The molecule has 106 valence electrons. The fourth-order valence-electron chi connectivity index (χ4n) is 2.62. The predicted octanol–water partition coefficient (Wildman–Crippen LogP) is 1.02. The molecule has 0 saturated heterocycles. The van der Waals surface area contributed by atoms with E-state index in [2.05, 4.69) is 29.5 Å². The molecule has 0 saturated carbocycles. The lowest BCUT2D eigenvalue weighted by Gasteiger charge is -2.13. The molecule has 1 aliphatic carbocycles. The number of hydrogen-bond donors (Lipinski definition) is 2. The van der Waals surface area contributed by atoms with Gasteiger partial charge in [-0.2, -0.15) is 5.10 Å². The second-order valence-electron chi connectivity index (χ2n) is 4.96. The molecule has 1 aromatic rings. The maximum Gasteiger partial charge on any atom is 0.216 e. The number of methoxy groups -OCH3 is 1. The van der Waals surface area contributed by atoms with E-state index in [1.165, 1.54) is 0 Å². The first kappa shape index (κ1) is 14.1. The fourth-order valence-corrected chi connectivity index (χ4v) is 2.62. The highest BCUT2D eigenvalue weighted by Gasteiger charge is 2.20. The van der Waals surface area contributed by atoms with Gasteiger partial charge in [0.15, 0.2) is 0 Å². The molecule has 1 aliphatic rings. The van der Waals surface area contributed by atoms with Gasteiger partial charge in [0.05, 0.1) is 18.4 Å². The third-order valence-electron chi connectivity index (χ3n) is 3.65. The zero-order valence-corrected chi connectivity index (χ0v) is 11.9. The summed E-state index contributed by atoms with van der Waals surface area (Å²) in [5, 5.41) is 17.1. The molecule has 0 radical (unpaired) electrons. The number of aliphatic hydroxyl groups is 1. The average molecular weight is 265 g/mol. The third-order valence-corrected chi connectivity index (χ3v) is 3.65. The molecular weight excluding hydrogens is 242 g/mol. The zero-order chi connectivity index (χ0) is 13.8. The van der Waals surface area contributed by atoms with Crippen LogP contribution in [0.2, 0.25) is 0 Å². The van der Waals surface area contributed by atoms with Crippen LogP contribution in [0.4, 0.5) is 0 Å². The summed E-state index contributed by atoms with van der Waals surface area (Å²) in [7, 11) is 3.58. The Morgan fingerprint density at radius 3 is 2.89 bits per heavy atom. The molecule has 1 aromatic heterocycles. The summed E-state index contributed by atoms with van der Waals surface area (Å²) in [5.74, 6) is 1.11. The number of rotatable bonds is 6. The van der Waals surface area contributed by atoms with Crippen LogP contribution in [0, 0.1) is 5.92 Å². The summed E-state index contributed by atoms with van der Waals surface area (Å²) in [4.78, 5) is 0. The van der Waals surface area contributed by atoms with Crippen LogP contribution in [0.5, 0.6) is 5.88 Å². The zero-order valence-electron chi connectivity index (χ0n) is 11.9. The Balaban J connectivity index is 2.01. The van der Waals surface area contributed by atoms with Gasteiger partial charge in [-0.05, 0) is 12.8 Å². The highest BCUT2D eigenvalue weighted by molar-refractivity contribution is 5.32. The first-order valence-electron chi connectivity index (χ1n) is 6.80. The van der Waals surface area contributed by atoms with Gasteiger partial charge in [0.1, 0.15) is 0 Å². The molecule has 0 aromatic carbocycles. The van der Waals surface area contributed by atoms with Crippen LogP contribution in [0.1, 0.15) is 24.6 Å². The topological polar surface area (TPSA) is 59.3 Å². The van der Waals surface area contributed by atoms with Crippen molar-refractivity contribution in [1.29, 1.82) is 0 Å². The highest BCUT2D eigenvalue weighted by Crippen LogP contribution is 2.23. The van der Waals surface area contributed by atoms with Crippen LogP contribution < -0.4 is 10.1 Å². The SMILES string of the molecule is CCc1nn(C)c(OC)c1CN[C@@H]1C=C[C@H](CO)C1. The highest BCUT2D eigenvalue weighted by atomic mass is 16.5. The summed E-state index contributed by atoms with van der Waals surface area (Å²) in [6.45, 7) is 3.07. The molecule has 0 amide bonds. The van der Waals surface area contributed by atoms with E-state index in [0.29, 0.717) is 12.0 Å². The number of nitrogens with zero attached hydrogens (tertiary/aromatic N) is 2. The predicted molar refractivity (Wildman–Crippen MR) is 74.1 cm³/mol. The molecule has 1 heterocycles. The molecular formula is C14H23N3O2. The summed E-state index contributed by atoms with van der Waals surface area (Å²) in [6, 6.07) is 0.326. The number of nitrogens with one attached hydrogen (secondary N) is 1. The Kier molecular flexibility index (Phi) is 4.61. The van der Waals surface area contributed by atoms with Crippen molar-refractivity contribution in [3.05, 3.63) is 23.4 Å². The number of ether oxygens (including phenoxy) is 1. The molecule has 0 unspecified atom stereocenters. The van der Waals surface area contributed by atoms with Crippen molar-refractivity contribution in [2.24, 2.45) is 13.0 Å². The van der Waals surface area contributed by atoms with E-state index in [4.69, 9.17) is 9.84 Å². The van der Waals surface area contributed by atoms with Crippen LogP contribution >= 0.6 is 0 Å². The molecule has 0 spiro atoms. The van der Waals surface area contributed by atoms with Gasteiger partial charge in [-0.25, -0.2) is 4.68 Å². The number of hydrogen-bond acceptors (Lipinski definition) is 4. The van der Waals surface area contributed by atoms with Crippen molar-refractivity contribution in [2.75, 3.05) is 13.7 Å². The van der Waals surface area contributed by atoms with E-state index >= 15 is 0 Å². The molecule has 19 heavy (non-hydrogen) atoms. The Bertz CT molecular complexity index is 454. The van der Waals surface area contributed by atoms with Crippen LogP contribution in [-0.4, -0.2) is 34.6 Å². The van der Waals surface area contributed by atoms with E-state index in [-0.39, 0.29) is 6.61 Å². The Morgan fingerprint density at radius 2 is 2.32 bits per heavy atom. The minimum absolute atomic E-state index is 0.227. The summed E-state index contributed by atoms with van der Waals surface area (Å²) in [5.41, 5.74) is 2.21. The minimum Gasteiger partial charge on any atom is -0.481 e. The third kappa shape index (κ3) is 2.98. The van der Waals surface area contributed by atoms with Gasteiger partial charge >= 0.3 is 0 Å². The van der Waals surface area contributed by atoms with Gasteiger partial charge in [0.2, 0.25) is 5.88 Å². The number of aliphatic hydroxyl groups excluding tert-OH is 1. The van der Waals surface area contributed by atoms with Crippen molar-refractivity contribution in [1.82, 2.24) is 15.1 Å². The van der Waals surface area contributed by atoms with Gasteiger partial charge in [0.25, 0.3) is 0 Å². The maximum atomic E-state index is 9.12. The molecule has 0 aliphatic heterocycles. The van der Waals surface area contributed by atoms with E-state index in [1.54, 1.807) is 11.8 Å². The molecule has 2 rings (SSSR count). The molecule has 5 heteroatoms. The first-order valence-corrected chi connectivity index (χ1v) is 6.80. The van der Waals surface area contributed by atoms with Gasteiger partial charge in [0, 0.05) is 32.2 Å². The number of aryl methyl sites for hydroxylation is 2. The lowest BCUT2D eigenvalue weighted by molar-refractivity contribution is 0.246. The molecule has 0 bridgehead atoms. The van der Waals surface area contributed by atoms with Crippen LogP contribution in [0.25, 0.3) is 0 Å². The minimum atomic E-state index is 0.227. The second kappa shape index (κ2) is 6.21. The normalized spacial score (nSPS) is 22.1. The second-order valence-corrected chi connectivity index (χ2v) is 4.96. The maximum absolute atomic E-state index is 9.12. The van der Waals surface area contributed by atoms with Crippen molar-refractivity contribution in [3.8, 4) is 5.88 Å². The Morgan fingerprint density at radius 1 is 1.53 bits per heavy atom. The van der Waals surface area contributed by atoms with Gasteiger partial charge in [-0.15, -0.1) is 0 Å². The summed E-state index contributed by atoms with van der Waals surface area (Å²) >= 11 is 0. The van der Waals surface area contributed by atoms with Crippen molar-refractivity contribution in [3.63, 3.8) is 0 Å². The van der Waals surface area contributed by atoms with Crippen LogP contribution in [0.3, 0.4) is 0 Å². The largest absolute Gasteiger partial charge is 0.481 e. The van der Waals surface area contributed by atoms with E-state index in [9.17, 15) is 0 Å². The fraction of sp³-hybridized carbons (Fsp3) is 0.643. The molecule has 5 nitrogen and oxygen atoms in total. The van der Waals surface area contributed by atoms with E-state index in [0.717, 1.165) is 36.5 Å². The Hall–Kier alpha value is -1.33. The lowest BCUT2D eigenvalue weighted by atomic mass is 10.1.